The van der Waals surface area contributed by atoms with Gasteiger partial charge in [-0.15, -0.1) is 0 Å². The summed E-state index contributed by atoms with van der Waals surface area (Å²) in [6.45, 7) is 4.10. The molecule has 122 valence electrons. The minimum Gasteiger partial charge on any atom is -0.339 e. The number of carbonyl (C=O) groups excluding carboxylic acids is 1. The van der Waals surface area contributed by atoms with Crippen LogP contribution in [0.15, 0.2) is 34.9 Å². The zero-order chi connectivity index (χ0) is 16.1. The molecule has 3 rings (SSSR count). The summed E-state index contributed by atoms with van der Waals surface area (Å²) in [5.41, 5.74) is 0.894. The summed E-state index contributed by atoms with van der Waals surface area (Å²) < 4.78 is 5.28. The Labute approximate surface area is 135 Å². The predicted molar refractivity (Wildman–Crippen MR) is 85.5 cm³/mol. The molecule has 2 heterocycles. The summed E-state index contributed by atoms with van der Waals surface area (Å²) in [4.78, 5) is 20.4. The fourth-order valence-electron chi connectivity index (χ4n) is 2.56. The summed E-state index contributed by atoms with van der Waals surface area (Å²) in [6.07, 6.45) is 0. The van der Waals surface area contributed by atoms with Crippen LogP contribution in [0.4, 0.5) is 0 Å². The second-order valence-corrected chi connectivity index (χ2v) is 5.68. The zero-order valence-electron chi connectivity index (χ0n) is 13.2. The van der Waals surface area contributed by atoms with Crippen molar-refractivity contribution in [2.24, 2.45) is 0 Å². The normalized spacial score (nSPS) is 15.1. The first-order valence-corrected chi connectivity index (χ1v) is 7.77. The molecule has 1 saturated heterocycles. The molecule has 23 heavy (non-hydrogen) atoms. The Morgan fingerprint density at radius 2 is 2.04 bits per heavy atom. The molecule has 0 bridgehead atoms. The summed E-state index contributed by atoms with van der Waals surface area (Å²) in [6, 6.07) is 9.65. The van der Waals surface area contributed by atoms with Gasteiger partial charge in [0.1, 0.15) is 0 Å². The van der Waals surface area contributed by atoms with Gasteiger partial charge in [-0.05, 0) is 19.2 Å². The summed E-state index contributed by atoms with van der Waals surface area (Å²) in [7, 11) is 1.89. The Morgan fingerprint density at radius 1 is 1.30 bits per heavy atom. The fraction of sp³-hybridized carbons (Fsp3) is 0.438. The predicted octanol–water partition coefficient (Wildman–Crippen LogP) is 0.600. The molecule has 1 fully saturated rings. The molecule has 0 atom stereocenters. The van der Waals surface area contributed by atoms with Crippen molar-refractivity contribution in [2.45, 2.75) is 6.54 Å². The molecule has 7 heteroatoms. The third-order valence-electron chi connectivity index (χ3n) is 3.78. The quantitative estimate of drug-likeness (QED) is 0.871. The highest BCUT2D eigenvalue weighted by Crippen LogP contribution is 2.16. The lowest BCUT2D eigenvalue weighted by molar-refractivity contribution is -0.132. The number of hydrogen-bond donors (Lipinski definition) is 1. The van der Waals surface area contributed by atoms with Gasteiger partial charge in [-0.1, -0.05) is 23.4 Å². The van der Waals surface area contributed by atoms with Gasteiger partial charge in [0, 0.05) is 31.7 Å². The number of aromatic nitrogens is 2. The summed E-state index contributed by atoms with van der Waals surface area (Å²) >= 11 is 0. The van der Waals surface area contributed by atoms with E-state index in [1.54, 1.807) is 0 Å². The highest BCUT2D eigenvalue weighted by atomic mass is 16.5. The van der Waals surface area contributed by atoms with Crippen molar-refractivity contribution < 1.29 is 9.32 Å². The second kappa shape index (κ2) is 7.34. The molecule has 1 amide bonds. The molecule has 0 spiro atoms. The van der Waals surface area contributed by atoms with E-state index in [1.807, 2.05) is 47.2 Å². The van der Waals surface area contributed by atoms with Crippen LogP contribution in [0.5, 0.6) is 0 Å². The molecule has 1 aliphatic heterocycles. The van der Waals surface area contributed by atoms with Gasteiger partial charge in [0.2, 0.25) is 5.91 Å². The average molecular weight is 315 g/mol. The fourth-order valence-corrected chi connectivity index (χ4v) is 2.56. The minimum absolute atomic E-state index is 0.140. The SMILES string of the molecule is CN(CC(=O)N1CCNCC1)Cc1noc(-c2ccccc2)n1. The summed E-state index contributed by atoms with van der Waals surface area (Å²) in [5.74, 6) is 1.22. The van der Waals surface area contributed by atoms with E-state index < -0.39 is 0 Å². The molecular weight excluding hydrogens is 294 g/mol. The maximum Gasteiger partial charge on any atom is 0.257 e. The van der Waals surface area contributed by atoms with Gasteiger partial charge in [0.05, 0.1) is 13.1 Å². The van der Waals surface area contributed by atoms with Gasteiger partial charge in [-0.2, -0.15) is 4.98 Å². The van der Waals surface area contributed by atoms with E-state index in [1.165, 1.54) is 0 Å². The van der Waals surface area contributed by atoms with Crippen molar-refractivity contribution in [1.29, 1.82) is 0 Å². The van der Waals surface area contributed by atoms with Crippen molar-refractivity contribution in [1.82, 2.24) is 25.3 Å². The van der Waals surface area contributed by atoms with Crippen LogP contribution in [-0.2, 0) is 11.3 Å². The number of piperazine rings is 1. The van der Waals surface area contributed by atoms with E-state index in [0.29, 0.717) is 24.8 Å². The Bertz CT molecular complexity index is 637. The maximum absolute atomic E-state index is 12.2. The zero-order valence-corrected chi connectivity index (χ0v) is 13.2. The van der Waals surface area contributed by atoms with E-state index >= 15 is 0 Å². The molecule has 0 unspecified atom stereocenters. The lowest BCUT2D eigenvalue weighted by atomic mass is 10.2. The number of nitrogens with one attached hydrogen (secondary N) is 1. The van der Waals surface area contributed by atoms with Crippen LogP contribution < -0.4 is 5.32 Å². The van der Waals surface area contributed by atoms with Crippen LogP contribution in [0.1, 0.15) is 5.82 Å². The third-order valence-corrected chi connectivity index (χ3v) is 3.78. The second-order valence-electron chi connectivity index (χ2n) is 5.68. The molecule has 0 radical (unpaired) electrons. The van der Waals surface area contributed by atoms with Crippen molar-refractivity contribution in [3.63, 3.8) is 0 Å². The first-order valence-electron chi connectivity index (χ1n) is 7.77. The Balaban J connectivity index is 1.54. The highest BCUT2D eigenvalue weighted by molar-refractivity contribution is 5.78. The molecule has 1 aromatic carbocycles. The number of likely N-dealkylation sites (N-methyl/N-ethyl adjacent to an activating group) is 1. The first kappa shape index (κ1) is 15.6. The lowest BCUT2D eigenvalue weighted by Crippen LogP contribution is -2.49. The lowest BCUT2D eigenvalue weighted by Gasteiger charge is -2.28. The molecule has 0 saturated carbocycles. The molecule has 0 aliphatic carbocycles. The first-order chi connectivity index (χ1) is 11.2. The Hall–Kier alpha value is -2.25. The van der Waals surface area contributed by atoms with Gasteiger partial charge in [0.25, 0.3) is 5.89 Å². The number of carbonyl (C=O) groups is 1. The molecule has 1 N–H and O–H groups in total. The molecule has 7 nitrogen and oxygen atoms in total. The van der Waals surface area contributed by atoms with Gasteiger partial charge in [-0.25, -0.2) is 0 Å². The number of benzene rings is 1. The number of amides is 1. The van der Waals surface area contributed by atoms with Gasteiger partial charge in [-0.3, -0.25) is 9.69 Å². The number of hydrogen-bond acceptors (Lipinski definition) is 6. The Kier molecular flexibility index (Phi) is 4.99. The average Bonchev–Trinajstić information content (AvgIpc) is 3.04. The largest absolute Gasteiger partial charge is 0.339 e. The highest BCUT2D eigenvalue weighted by Gasteiger charge is 2.18. The van der Waals surface area contributed by atoms with Crippen LogP contribution in [0.25, 0.3) is 11.5 Å². The van der Waals surface area contributed by atoms with E-state index in [2.05, 4.69) is 15.5 Å². The van der Waals surface area contributed by atoms with Crippen molar-refractivity contribution >= 4 is 5.91 Å². The van der Waals surface area contributed by atoms with Crippen molar-refractivity contribution in [2.75, 3.05) is 39.8 Å². The van der Waals surface area contributed by atoms with Gasteiger partial charge < -0.3 is 14.7 Å². The monoisotopic (exact) mass is 315 g/mol. The van der Waals surface area contributed by atoms with Crippen LogP contribution in [0.2, 0.25) is 0 Å². The topological polar surface area (TPSA) is 74.5 Å². The van der Waals surface area contributed by atoms with Crippen molar-refractivity contribution in [3.8, 4) is 11.5 Å². The van der Waals surface area contributed by atoms with Crippen LogP contribution in [-0.4, -0.2) is 65.6 Å². The van der Waals surface area contributed by atoms with Crippen LogP contribution >= 0.6 is 0 Å². The molecule has 1 aliphatic rings. The maximum atomic E-state index is 12.2. The molecular formula is C16H21N5O2. The smallest absolute Gasteiger partial charge is 0.257 e. The van der Waals surface area contributed by atoms with E-state index in [-0.39, 0.29) is 5.91 Å². The molecule has 1 aromatic heterocycles. The minimum atomic E-state index is 0.140. The summed E-state index contributed by atoms with van der Waals surface area (Å²) in [5, 5.41) is 7.23. The van der Waals surface area contributed by atoms with Gasteiger partial charge >= 0.3 is 0 Å². The van der Waals surface area contributed by atoms with E-state index in [0.717, 1.165) is 31.7 Å². The van der Waals surface area contributed by atoms with Crippen molar-refractivity contribution in [3.05, 3.63) is 36.2 Å². The van der Waals surface area contributed by atoms with E-state index in [4.69, 9.17) is 4.52 Å². The van der Waals surface area contributed by atoms with Crippen LogP contribution in [0, 0.1) is 0 Å². The third kappa shape index (κ3) is 4.14. The van der Waals surface area contributed by atoms with E-state index in [9.17, 15) is 4.79 Å². The Morgan fingerprint density at radius 3 is 2.78 bits per heavy atom. The standard InChI is InChI=1S/C16H21N5O2/c1-20(12-15(22)21-9-7-17-8-10-21)11-14-18-16(23-19-14)13-5-3-2-4-6-13/h2-6,17H,7-12H2,1H3. The molecule has 2 aromatic rings. The number of nitrogens with zero attached hydrogens (tertiary/aromatic N) is 4. The van der Waals surface area contributed by atoms with Crippen LogP contribution in [0.3, 0.4) is 0 Å². The number of rotatable bonds is 5. The van der Waals surface area contributed by atoms with Gasteiger partial charge in [0.15, 0.2) is 5.82 Å².